The maximum absolute atomic E-state index is 11.6. The molecule has 2 aliphatic rings. The van der Waals surface area contributed by atoms with E-state index in [1.807, 2.05) is 22.8 Å². The molecule has 6 rings (SSSR count). The Bertz CT molecular complexity index is 1620. The van der Waals surface area contributed by atoms with Gasteiger partial charge in [-0.2, -0.15) is 0 Å². The number of carbonyl (C=O) groups is 1. The van der Waals surface area contributed by atoms with Crippen LogP contribution in [0, 0.1) is 0 Å². The van der Waals surface area contributed by atoms with Crippen LogP contribution in [-0.2, 0) is 30.9 Å². The minimum Gasteiger partial charge on any atom is -0.496 e. The Morgan fingerprint density at radius 1 is 1.15 bits per heavy atom. The summed E-state index contributed by atoms with van der Waals surface area (Å²) >= 11 is 12.8. The lowest BCUT2D eigenvalue weighted by atomic mass is 9.93. The van der Waals surface area contributed by atoms with Gasteiger partial charge in [0.25, 0.3) is 0 Å². The minimum atomic E-state index is -1.06. The predicted octanol–water partition coefficient (Wildman–Crippen LogP) is 5.93. The van der Waals surface area contributed by atoms with Crippen LogP contribution in [0.15, 0.2) is 42.5 Å². The van der Waals surface area contributed by atoms with Crippen molar-refractivity contribution in [3.8, 4) is 11.5 Å². The van der Waals surface area contributed by atoms with E-state index in [1.54, 1.807) is 25.3 Å². The molecule has 4 heterocycles. The first-order valence-electron chi connectivity index (χ1n) is 13.5. The van der Waals surface area contributed by atoms with Gasteiger partial charge in [-0.1, -0.05) is 29.3 Å². The molecule has 4 aromatic rings. The third-order valence-electron chi connectivity index (χ3n) is 7.91. The van der Waals surface area contributed by atoms with E-state index in [9.17, 15) is 9.90 Å². The number of carboxylic acid groups (broad SMARTS) is 1. The molecule has 214 valence electrons. The molecule has 2 atom stereocenters. The zero-order valence-corrected chi connectivity index (χ0v) is 24.3. The summed E-state index contributed by atoms with van der Waals surface area (Å²) in [4.78, 5) is 23.2. The maximum atomic E-state index is 11.6. The minimum absolute atomic E-state index is 0.000578. The van der Waals surface area contributed by atoms with Crippen LogP contribution in [0.4, 0.5) is 0 Å². The number of carboxylic acids is 1. The van der Waals surface area contributed by atoms with Gasteiger partial charge in [-0.3, -0.25) is 4.90 Å². The number of aromatic nitrogens is 3. The van der Waals surface area contributed by atoms with Crippen molar-refractivity contribution in [2.45, 2.75) is 51.6 Å². The van der Waals surface area contributed by atoms with Gasteiger partial charge in [-0.15, -0.1) is 0 Å². The average Bonchev–Trinajstić information content (AvgIpc) is 3.27. The Morgan fingerprint density at radius 3 is 2.71 bits per heavy atom. The summed E-state index contributed by atoms with van der Waals surface area (Å²) < 4.78 is 19.3. The van der Waals surface area contributed by atoms with E-state index >= 15 is 0 Å². The van der Waals surface area contributed by atoms with Gasteiger partial charge in [0.05, 0.1) is 31.3 Å². The topological polar surface area (TPSA) is 98.9 Å². The largest absolute Gasteiger partial charge is 0.496 e. The van der Waals surface area contributed by atoms with Gasteiger partial charge < -0.3 is 23.9 Å². The number of aromatic carboxylic acids is 1. The Labute approximate surface area is 247 Å². The lowest BCUT2D eigenvalue weighted by molar-refractivity contribution is -0.0593. The number of hydrogen-bond acceptors (Lipinski definition) is 7. The SMILES string of the molecule is COc1cc(Cl)ccc1COc1cc2c(cc1Cl)CCN(Cc1nc3ccc(C(=O)O)nc3n1C[C@@H]1CCO1)[C@H]2C. The lowest BCUT2D eigenvalue weighted by Gasteiger charge is -2.36. The molecule has 1 saturated heterocycles. The van der Waals surface area contributed by atoms with Crippen molar-refractivity contribution in [1.82, 2.24) is 19.4 Å². The molecule has 1 fully saturated rings. The summed E-state index contributed by atoms with van der Waals surface area (Å²) in [6.45, 7) is 5.17. The fourth-order valence-electron chi connectivity index (χ4n) is 5.48. The average molecular weight is 597 g/mol. The van der Waals surface area contributed by atoms with Gasteiger partial charge in [0, 0.05) is 29.8 Å². The molecule has 0 aliphatic carbocycles. The number of ether oxygens (including phenoxy) is 3. The van der Waals surface area contributed by atoms with Crippen LogP contribution >= 0.6 is 23.2 Å². The summed E-state index contributed by atoms with van der Waals surface area (Å²) in [6, 6.07) is 12.8. The molecular formula is C30H30Cl2N4O5. The van der Waals surface area contributed by atoms with E-state index in [0.29, 0.717) is 45.8 Å². The number of benzene rings is 2. The van der Waals surface area contributed by atoms with Gasteiger partial charge in [0.15, 0.2) is 11.3 Å². The highest BCUT2D eigenvalue weighted by Crippen LogP contribution is 2.38. The van der Waals surface area contributed by atoms with Crippen LogP contribution < -0.4 is 9.47 Å². The fourth-order valence-corrected chi connectivity index (χ4v) is 5.89. The quantitative estimate of drug-likeness (QED) is 0.254. The Balaban J connectivity index is 1.25. The normalized spacial score (nSPS) is 18.6. The highest BCUT2D eigenvalue weighted by atomic mass is 35.5. The molecule has 0 bridgehead atoms. The first-order chi connectivity index (χ1) is 19.8. The molecule has 0 amide bonds. The van der Waals surface area contributed by atoms with Crippen LogP contribution in [-0.4, -0.2) is 56.9 Å². The summed E-state index contributed by atoms with van der Waals surface area (Å²) in [5.41, 5.74) is 4.46. The van der Waals surface area contributed by atoms with E-state index in [2.05, 4.69) is 16.8 Å². The molecular weight excluding hydrogens is 567 g/mol. The van der Waals surface area contributed by atoms with Gasteiger partial charge in [0.1, 0.15) is 29.4 Å². The molecule has 1 N–H and O–H groups in total. The molecule has 11 heteroatoms. The molecule has 0 spiro atoms. The van der Waals surface area contributed by atoms with Gasteiger partial charge >= 0.3 is 5.97 Å². The fraction of sp³-hybridized carbons (Fsp3) is 0.367. The molecule has 9 nitrogen and oxygen atoms in total. The van der Waals surface area contributed by atoms with Gasteiger partial charge in [0.2, 0.25) is 0 Å². The third kappa shape index (κ3) is 5.59. The van der Waals surface area contributed by atoms with Crippen LogP contribution in [0.25, 0.3) is 11.2 Å². The summed E-state index contributed by atoms with van der Waals surface area (Å²) in [6.07, 6.45) is 1.86. The maximum Gasteiger partial charge on any atom is 0.354 e. The smallest absolute Gasteiger partial charge is 0.354 e. The molecule has 2 aromatic carbocycles. The van der Waals surface area contributed by atoms with Crippen molar-refractivity contribution in [3.05, 3.63) is 80.7 Å². The van der Waals surface area contributed by atoms with Crippen molar-refractivity contribution in [2.75, 3.05) is 20.3 Å². The number of halogens is 2. The van der Waals surface area contributed by atoms with Crippen molar-refractivity contribution in [1.29, 1.82) is 0 Å². The molecule has 2 aromatic heterocycles. The number of rotatable bonds is 9. The molecule has 0 saturated carbocycles. The van der Waals surface area contributed by atoms with Crippen molar-refractivity contribution >= 4 is 40.3 Å². The number of hydrogen-bond donors (Lipinski definition) is 1. The number of fused-ring (bicyclic) bond motifs is 2. The van der Waals surface area contributed by atoms with Crippen molar-refractivity contribution in [3.63, 3.8) is 0 Å². The summed E-state index contributed by atoms with van der Waals surface area (Å²) in [5.74, 6) is 1.04. The first-order valence-corrected chi connectivity index (χ1v) is 14.3. The molecule has 0 radical (unpaired) electrons. The van der Waals surface area contributed by atoms with Crippen molar-refractivity contribution in [2.24, 2.45) is 0 Å². The second kappa shape index (κ2) is 11.5. The Kier molecular flexibility index (Phi) is 7.78. The Hall–Kier alpha value is -3.37. The highest BCUT2D eigenvalue weighted by Gasteiger charge is 2.29. The second-order valence-corrected chi connectivity index (χ2v) is 11.2. The van der Waals surface area contributed by atoms with Crippen LogP contribution in [0.2, 0.25) is 10.0 Å². The number of nitrogens with zero attached hydrogens (tertiary/aromatic N) is 4. The highest BCUT2D eigenvalue weighted by molar-refractivity contribution is 6.32. The first kappa shape index (κ1) is 27.8. The predicted molar refractivity (Wildman–Crippen MR) is 155 cm³/mol. The second-order valence-electron chi connectivity index (χ2n) is 10.4. The lowest BCUT2D eigenvalue weighted by Crippen LogP contribution is -2.36. The van der Waals surface area contributed by atoms with Crippen LogP contribution in [0.3, 0.4) is 0 Å². The van der Waals surface area contributed by atoms with E-state index < -0.39 is 5.97 Å². The Morgan fingerprint density at radius 2 is 1.98 bits per heavy atom. The van der Waals surface area contributed by atoms with Crippen LogP contribution in [0.5, 0.6) is 11.5 Å². The zero-order valence-electron chi connectivity index (χ0n) is 22.8. The van der Waals surface area contributed by atoms with E-state index in [1.165, 1.54) is 11.6 Å². The van der Waals surface area contributed by atoms with Crippen LogP contribution in [0.1, 0.15) is 52.4 Å². The standard InChI is InChI=1S/C30H30Cl2N4O5/c1-17-22-13-27(41-16-19-3-4-20(31)12-26(19)39-2)23(32)11-18(22)7-9-35(17)15-28-33-24-5-6-25(30(37)38)34-29(24)36(28)14-21-8-10-40-21/h3-6,11-13,17,21H,7-10,14-16H2,1-2H3,(H,37,38)/t17-,21-/m0/s1. The molecule has 41 heavy (non-hydrogen) atoms. The molecule has 2 aliphatic heterocycles. The van der Waals surface area contributed by atoms with Gasteiger partial charge in [-0.25, -0.2) is 14.8 Å². The van der Waals surface area contributed by atoms with E-state index in [-0.39, 0.29) is 24.4 Å². The van der Waals surface area contributed by atoms with Crippen molar-refractivity contribution < 1.29 is 24.1 Å². The third-order valence-corrected chi connectivity index (χ3v) is 8.44. The summed E-state index contributed by atoms with van der Waals surface area (Å²) in [7, 11) is 1.60. The van der Waals surface area contributed by atoms with E-state index in [4.69, 9.17) is 42.4 Å². The molecule has 0 unspecified atom stereocenters. The number of pyridine rings is 1. The zero-order chi connectivity index (χ0) is 28.7. The monoisotopic (exact) mass is 596 g/mol. The van der Waals surface area contributed by atoms with E-state index in [0.717, 1.165) is 42.9 Å². The summed E-state index contributed by atoms with van der Waals surface area (Å²) in [5, 5.41) is 10.7. The number of methoxy groups -OCH3 is 1. The number of imidazole rings is 1. The van der Waals surface area contributed by atoms with Gasteiger partial charge in [-0.05, 0) is 67.3 Å².